The molecule has 4 unspecified atom stereocenters. The second kappa shape index (κ2) is 23.3. The van der Waals surface area contributed by atoms with E-state index in [9.17, 15) is 9.59 Å². The second-order valence-corrected chi connectivity index (χ2v) is 26.2. The molecule has 72 heavy (non-hydrogen) atoms. The van der Waals surface area contributed by atoms with Crippen LogP contribution in [0.2, 0.25) is 0 Å². The van der Waals surface area contributed by atoms with Crippen molar-refractivity contribution in [2.45, 2.75) is 246 Å². The molecule has 2 aliphatic carbocycles. The summed E-state index contributed by atoms with van der Waals surface area (Å²) < 4.78 is 36.2. The maximum Gasteiger partial charge on any atom is 0.490 e. The average Bonchev–Trinajstić information content (AvgIpc) is 3.49. The lowest BCUT2D eigenvalue weighted by Crippen LogP contribution is -2.52. The maximum atomic E-state index is 12.9. The van der Waals surface area contributed by atoms with Gasteiger partial charge < -0.3 is 39.7 Å². The predicted octanol–water partition coefficient (Wildman–Crippen LogP) is 14.0. The number of halogens is 1. The molecule has 5 aliphatic rings. The summed E-state index contributed by atoms with van der Waals surface area (Å²) in [4.78, 5) is 35.1. The van der Waals surface area contributed by atoms with Gasteiger partial charge in [0.2, 0.25) is 0 Å². The highest BCUT2D eigenvalue weighted by molar-refractivity contribution is 9.10. The number of rotatable bonds is 12. The largest absolute Gasteiger partial charge is 0.490 e. The highest BCUT2D eigenvalue weighted by Gasteiger charge is 2.53. The Kier molecular flexibility index (Phi) is 19.3. The quantitative estimate of drug-likeness (QED) is 0.0895. The van der Waals surface area contributed by atoms with Crippen molar-refractivity contribution in [1.82, 2.24) is 9.97 Å². The molecule has 3 saturated heterocycles. The Hall–Kier alpha value is -3.30. The SMILES string of the molecule is CC1(C)CC=C(B2OC(C)(C)C(C)(C)O2)CC1.CCCCOC(=O)C1(C)CC(c2ccc(N)c(Br)n2)CC(C)(C)O1.CCCCOC(=O)C1(C)CC(c2ccc(N)c(C3=CCC(C)(C)CC3)n2)CC(C)(C)O1. The number of nitrogen functional groups attached to an aromatic ring is 2. The van der Waals surface area contributed by atoms with Gasteiger partial charge in [-0.2, -0.15) is 0 Å². The summed E-state index contributed by atoms with van der Waals surface area (Å²) in [6.45, 7) is 34.5. The van der Waals surface area contributed by atoms with E-state index in [2.05, 4.69) is 102 Å². The van der Waals surface area contributed by atoms with Crippen LogP contribution in [0.1, 0.15) is 230 Å². The standard InChI is InChI=1S/C26H40N2O3.C18H27BrN2O3.C14H25BO2/c1-7-8-15-30-23(29)26(6)17-19(16-25(4,5)31-26)21-10-9-20(27)22(28-21)18-11-13-24(2,3)14-12-18;1-5-6-9-23-16(22)18(4)11-12(10-17(2,3)24-18)14-8-7-13(20)15(19)21-14;1-12(2)9-7-11(8-10-12)15-16-13(3,4)14(5,6)17-15/h9-11,19H,7-8,12-17,27H2,1-6H3;7-8,12H,5-6,9-11,20H2,1-4H3;7H,8-10H2,1-6H3. The molecule has 0 radical (unpaired) electrons. The first-order valence-corrected chi connectivity index (χ1v) is 27.7. The Morgan fingerprint density at radius 2 is 1.08 bits per heavy atom. The minimum atomic E-state index is -0.975. The van der Waals surface area contributed by atoms with E-state index in [0.717, 1.165) is 93.4 Å². The number of anilines is 2. The van der Waals surface area contributed by atoms with Crippen LogP contribution in [0.25, 0.3) is 5.57 Å². The molecule has 3 fully saturated rings. The van der Waals surface area contributed by atoms with Crippen molar-refractivity contribution < 1.29 is 37.8 Å². The molecule has 0 saturated carbocycles. The van der Waals surface area contributed by atoms with E-state index in [1.807, 2.05) is 65.8 Å². The lowest BCUT2D eigenvalue weighted by molar-refractivity contribution is -0.205. The number of unbranched alkanes of at least 4 members (excludes halogenated alkanes) is 2. The third-order valence-electron chi connectivity index (χ3n) is 15.6. The number of ether oxygens (including phenoxy) is 4. The van der Waals surface area contributed by atoms with Crippen LogP contribution in [0, 0.1) is 10.8 Å². The molecule has 14 heteroatoms. The summed E-state index contributed by atoms with van der Waals surface area (Å²) in [7, 11) is -0.129. The molecule has 0 bridgehead atoms. The lowest BCUT2D eigenvalue weighted by Gasteiger charge is -2.45. The Morgan fingerprint density at radius 3 is 1.50 bits per heavy atom. The van der Waals surface area contributed by atoms with Gasteiger partial charge in [-0.3, -0.25) is 4.98 Å². The van der Waals surface area contributed by atoms with Gasteiger partial charge in [-0.25, -0.2) is 14.6 Å². The Bertz CT molecular complexity index is 2260. The van der Waals surface area contributed by atoms with Crippen LogP contribution in [-0.2, 0) is 37.8 Å². The van der Waals surface area contributed by atoms with Crippen molar-refractivity contribution in [2.24, 2.45) is 10.8 Å². The molecule has 2 aromatic rings. The van der Waals surface area contributed by atoms with Crippen molar-refractivity contribution in [2.75, 3.05) is 24.7 Å². The van der Waals surface area contributed by atoms with Gasteiger partial charge in [0.1, 0.15) is 4.60 Å². The molecule has 2 aromatic heterocycles. The zero-order valence-corrected chi connectivity index (χ0v) is 48.8. The van der Waals surface area contributed by atoms with Gasteiger partial charge in [0, 0.05) is 23.2 Å². The zero-order chi connectivity index (χ0) is 53.7. The van der Waals surface area contributed by atoms with E-state index in [-0.39, 0.29) is 42.1 Å². The summed E-state index contributed by atoms with van der Waals surface area (Å²) in [5.74, 6) is -0.350. The number of esters is 2. The summed E-state index contributed by atoms with van der Waals surface area (Å²) in [6, 6.07) is 7.75. The van der Waals surface area contributed by atoms with Crippen molar-refractivity contribution in [3.8, 4) is 0 Å². The normalized spacial score (nSPS) is 27.7. The van der Waals surface area contributed by atoms with Crippen molar-refractivity contribution in [1.29, 1.82) is 0 Å². The topological polar surface area (TPSA) is 167 Å². The first-order chi connectivity index (χ1) is 33.2. The molecule has 0 spiro atoms. The van der Waals surface area contributed by atoms with Gasteiger partial charge in [0.05, 0.1) is 52.7 Å². The van der Waals surface area contributed by atoms with Crippen LogP contribution in [-0.4, -0.2) is 75.8 Å². The predicted molar refractivity (Wildman–Crippen MR) is 295 cm³/mol. The fraction of sp³-hybridized carbons (Fsp3) is 0.724. The van der Waals surface area contributed by atoms with Gasteiger partial charge in [0.25, 0.3) is 0 Å². The van der Waals surface area contributed by atoms with E-state index in [0.29, 0.717) is 47.2 Å². The second-order valence-electron chi connectivity index (χ2n) is 25.5. The molecule has 4 atom stereocenters. The van der Waals surface area contributed by atoms with E-state index in [4.69, 9.17) is 44.7 Å². The molecule has 4 N–H and O–H groups in total. The third kappa shape index (κ3) is 15.6. The third-order valence-corrected chi connectivity index (χ3v) is 16.2. The average molecular weight is 1060 g/mol. The zero-order valence-electron chi connectivity index (χ0n) is 47.2. The van der Waals surface area contributed by atoms with Gasteiger partial charge in [-0.15, -0.1) is 0 Å². The molecule has 402 valence electrons. The van der Waals surface area contributed by atoms with E-state index < -0.39 is 22.4 Å². The maximum absolute atomic E-state index is 12.9. The van der Waals surface area contributed by atoms with Crippen LogP contribution < -0.4 is 11.5 Å². The number of nitrogens with two attached hydrogens (primary N) is 2. The Morgan fingerprint density at radius 1 is 0.639 bits per heavy atom. The Balaban J connectivity index is 0.000000209. The number of hydrogen-bond donors (Lipinski definition) is 2. The molecule has 3 aliphatic heterocycles. The minimum absolute atomic E-state index is 0.104. The van der Waals surface area contributed by atoms with Crippen LogP contribution >= 0.6 is 15.9 Å². The van der Waals surface area contributed by atoms with Crippen molar-refractivity contribution in [3.05, 3.63) is 63.6 Å². The monoisotopic (exact) mass is 1060 g/mol. The molecule has 7 rings (SSSR count). The molecule has 0 amide bonds. The number of pyridine rings is 2. The van der Waals surface area contributed by atoms with Crippen molar-refractivity contribution in [3.63, 3.8) is 0 Å². The molecular weight excluding hydrogens is 971 g/mol. The number of hydrogen-bond acceptors (Lipinski definition) is 12. The van der Waals surface area contributed by atoms with Crippen LogP contribution in [0.5, 0.6) is 0 Å². The summed E-state index contributed by atoms with van der Waals surface area (Å²) in [6.07, 6.45) is 17.6. The van der Waals surface area contributed by atoms with Crippen LogP contribution in [0.4, 0.5) is 11.4 Å². The summed E-state index contributed by atoms with van der Waals surface area (Å²) >= 11 is 3.38. The van der Waals surface area contributed by atoms with Crippen molar-refractivity contribution >= 4 is 51.9 Å². The van der Waals surface area contributed by atoms with E-state index >= 15 is 0 Å². The first-order valence-electron chi connectivity index (χ1n) is 26.9. The molecule has 12 nitrogen and oxygen atoms in total. The summed E-state index contributed by atoms with van der Waals surface area (Å²) in [5.41, 5.74) is 16.4. The van der Waals surface area contributed by atoms with E-state index in [1.54, 1.807) is 0 Å². The van der Waals surface area contributed by atoms with Crippen LogP contribution in [0.15, 0.2) is 46.5 Å². The molecule has 0 aromatic carbocycles. The smallest absolute Gasteiger partial charge is 0.464 e. The molecular formula is C58H92BBrN4O8. The molecule has 5 heterocycles. The lowest BCUT2D eigenvalue weighted by atomic mass is 9.67. The number of carbonyl (C=O) groups is 2. The van der Waals surface area contributed by atoms with Crippen LogP contribution in [0.3, 0.4) is 0 Å². The summed E-state index contributed by atoms with van der Waals surface area (Å²) in [5, 5.41) is 0. The highest BCUT2D eigenvalue weighted by Crippen LogP contribution is 2.47. The van der Waals surface area contributed by atoms with Gasteiger partial charge in [0.15, 0.2) is 11.2 Å². The van der Waals surface area contributed by atoms with E-state index in [1.165, 1.54) is 17.5 Å². The fourth-order valence-corrected chi connectivity index (χ4v) is 10.8. The van der Waals surface area contributed by atoms with Gasteiger partial charge in [-0.1, -0.05) is 66.5 Å². The first kappa shape index (κ1) is 59.6. The highest BCUT2D eigenvalue weighted by atomic mass is 79.9. The number of carbonyl (C=O) groups excluding carboxylic acids is 2. The number of aromatic nitrogens is 2. The number of nitrogens with zero attached hydrogens (tertiary/aromatic N) is 2. The van der Waals surface area contributed by atoms with Gasteiger partial charge in [-0.05, 0) is 208 Å². The fourth-order valence-electron chi connectivity index (χ4n) is 10.5. The van der Waals surface area contributed by atoms with Gasteiger partial charge >= 0.3 is 19.1 Å². The minimum Gasteiger partial charge on any atom is -0.464 e. The Labute approximate surface area is 442 Å². The number of allylic oxidation sites excluding steroid dienone is 4.